The minimum atomic E-state index is -0.177. The number of hydrogen-bond acceptors (Lipinski definition) is 6. The Kier molecular flexibility index (Phi) is 9.07. The van der Waals surface area contributed by atoms with Crippen molar-refractivity contribution in [3.8, 4) is 23.0 Å². The van der Waals surface area contributed by atoms with E-state index < -0.39 is 0 Å². The van der Waals surface area contributed by atoms with Gasteiger partial charge in [0.25, 0.3) is 11.8 Å². The Morgan fingerprint density at radius 3 is 1.75 bits per heavy atom. The number of amides is 2. The first kappa shape index (κ1) is 27.2. The smallest absolute Gasteiger partial charge is 0.258 e. The summed E-state index contributed by atoms with van der Waals surface area (Å²) >= 11 is 0. The largest absolute Gasteiger partial charge is 0.497 e. The molecular formula is C28H38N2O6. The van der Waals surface area contributed by atoms with Crippen molar-refractivity contribution in [1.82, 2.24) is 10.6 Å². The van der Waals surface area contributed by atoms with Gasteiger partial charge in [-0.2, -0.15) is 0 Å². The van der Waals surface area contributed by atoms with Crippen LogP contribution < -0.4 is 29.6 Å². The van der Waals surface area contributed by atoms with E-state index in [2.05, 4.69) is 31.4 Å². The van der Waals surface area contributed by atoms with E-state index >= 15 is 0 Å². The van der Waals surface area contributed by atoms with Gasteiger partial charge in [0.1, 0.15) is 23.0 Å². The fourth-order valence-electron chi connectivity index (χ4n) is 5.14. The molecule has 1 aliphatic rings. The summed E-state index contributed by atoms with van der Waals surface area (Å²) in [6, 6.07) is 14.2. The Labute approximate surface area is 213 Å². The normalized spacial score (nSPS) is 20.6. The lowest BCUT2D eigenvalue weighted by Crippen LogP contribution is -2.51. The van der Waals surface area contributed by atoms with Crippen LogP contribution in [0.3, 0.4) is 0 Å². The Morgan fingerprint density at radius 1 is 0.778 bits per heavy atom. The lowest BCUT2D eigenvalue weighted by atomic mass is 9.62. The second-order valence-corrected chi connectivity index (χ2v) is 10.5. The van der Waals surface area contributed by atoms with E-state index in [0.29, 0.717) is 18.0 Å². The molecule has 2 amide bonds. The van der Waals surface area contributed by atoms with E-state index in [1.165, 1.54) is 0 Å². The van der Waals surface area contributed by atoms with E-state index in [4.69, 9.17) is 18.9 Å². The molecule has 2 aromatic rings. The average molecular weight is 499 g/mol. The molecule has 0 bridgehead atoms. The average Bonchev–Trinajstić information content (AvgIpc) is 2.84. The molecule has 2 aromatic carbocycles. The molecule has 8 nitrogen and oxygen atoms in total. The van der Waals surface area contributed by atoms with Crippen molar-refractivity contribution in [3.63, 3.8) is 0 Å². The first-order valence-electron chi connectivity index (χ1n) is 12.2. The molecule has 1 fully saturated rings. The number of rotatable bonds is 11. The number of hydrogen-bond donors (Lipinski definition) is 2. The lowest BCUT2D eigenvalue weighted by Gasteiger charge is -2.47. The predicted molar refractivity (Wildman–Crippen MR) is 138 cm³/mol. The Balaban J connectivity index is 1.47. The molecule has 1 aliphatic carbocycles. The van der Waals surface area contributed by atoms with Crippen LogP contribution in [0.15, 0.2) is 48.5 Å². The van der Waals surface area contributed by atoms with E-state index in [1.807, 2.05) is 0 Å². The summed E-state index contributed by atoms with van der Waals surface area (Å²) in [5.74, 6) is 2.34. The van der Waals surface area contributed by atoms with Gasteiger partial charge >= 0.3 is 0 Å². The monoisotopic (exact) mass is 498 g/mol. The van der Waals surface area contributed by atoms with Crippen LogP contribution in [-0.2, 0) is 9.59 Å². The molecule has 0 radical (unpaired) electrons. The van der Waals surface area contributed by atoms with Crippen molar-refractivity contribution in [3.05, 3.63) is 48.5 Å². The van der Waals surface area contributed by atoms with Crippen LogP contribution >= 0.6 is 0 Å². The Bertz CT molecular complexity index is 1010. The van der Waals surface area contributed by atoms with E-state index in [0.717, 1.165) is 30.8 Å². The third-order valence-electron chi connectivity index (χ3n) is 6.38. The lowest BCUT2D eigenvalue weighted by molar-refractivity contribution is -0.126. The van der Waals surface area contributed by atoms with Gasteiger partial charge in [0.15, 0.2) is 13.2 Å². The number of ether oxygens (including phenoxy) is 4. The molecule has 36 heavy (non-hydrogen) atoms. The number of benzene rings is 2. The zero-order chi connectivity index (χ0) is 26.2. The molecule has 2 atom stereocenters. The SMILES string of the molecule is COc1ccc(OCC(=O)NC[C@]2(C)C[C@H](NC(=O)COc3ccc(OC)cc3)CC(C)(C)C2)cc1. The van der Waals surface area contributed by atoms with Gasteiger partial charge < -0.3 is 29.6 Å². The maximum atomic E-state index is 12.6. The molecule has 1 saturated carbocycles. The first-order valence-corrected chi connectivity index (χ1v) is 12.2. The van der Waals surface area contributed by atoms with Gasteiger partial charge in [-0.05, 0) is 78.6 Å². The maximum absolute atomic E-state index is 12.6. The molecular weight excluding hydrogens is 460 g/mol. The van der Waals surface area contributed by atoms with Crippen molar-refractivity contribution in [2.45, 2.75) is 46.1 Å². The second kappa shape index (κ2) is 12.0. The van der Waals surface area contributed by atoms with E-state index in [-0.39, 0.29) is 41.9 Å². The Morgan fingerprint density at radius 2 is 1.25 bits per heavy atom. The molecule has 0 aliphatic heterocycles. The standard InChI is InChI=1S/C28H38N2O6/c1-27(2)14-20(30-26(32)17-36-24-12-8-22(34-5)9-13-24)15-28(3,18-27)19-29-25(31)16-35-23-10-6-21(33-4)7-11-23/h6-13,20H,14-19H2,1-5H3,(H,29,31)(H,30,32)/t20-,28-/m1/s1. The molecule has 0 unspecified atom stereocenters. The van der Waals surface area contributed by atoms with Crippen LogP contribution in [0.4, 0.5) is 0 Å². The zero-order valence-corrected chi connectivity index (χ0v) is 21.9. The van der Waals surface area contributed by atoms with Crippen molar-refractivity contribution < 1.29 is 28.5 Å². The van der Waals surface area contributed by atoms with Crippen molar-refractivity contribution in [2.75, 3.05) is 34.0 Å². The predicted octanol–water partition coefficient (Wildman–Crippen LogP) is 3.98. The highest BCUT2D eigenvalue weighted by Crippen LogP contribution is 2.45. The fraction of sp³-hybridized carbons (Fsp3) is 0.500. The third kappa shape index (κ3) is 8.36. The Hall–Kier alpha value is -3.42. The molecule has 0 saturated heterocycles. The maximum Gasteiger partial charge on any atom is 0.258 e. The molecule has 196 valence electrons. The van der Waals surface area contributed by atoms with E-state index in [1.54, 1.807) is 62.8 Å². The highest BCUT2D eigenvalue weighted by atomic mass is 16.5. The fourth-order valence-corrected chi connectivity index (χ4v) is 5.14. The van der Waals surface area contributed by atoms with Crippen LogP contribution in [0, 0.1) is 10.8 Å². The third-order valence-corrected chi connectivity index (χ3v) is 6.38. The summed E-state index contributed by atoms with van der Waals surface area (Å²) in [5, 5.41) is 6.15. The van der Waals surface area contributed by atoms with Crippen LogP contribution in [0.2, 0.25) is 0 Å². The van der Waals surface area contributed by atoms with Gasteiger partial charge in [-0.25, -0.2) is 0 Å². The number of methoxy groups -OCH3 is 2. The van der Waals surface area contributed by atoms with Gasteiger partial charge in [0, 0.05) is 12.6 Å². The van der Waals surface area contributed by atoms with Gasteiger partial charge in [0.05, 0.1) is 14.2 Å². The number of carbonyl (C=O) groups is 2. The van der Waals surface area contributed by atoms with Crippen LogP contribution in [-0.4, -0.2) is 51.8 Å². The van der Waals surface area contributed by atoms with Gasteiger partial charge in [0.2, 0.25) is 0 Å². The highest BCUT2D eigenvalue weighted by Gasteiger charge is 2.41. The summed E-state index contributed by atoms with van der Waals surface area (Å²) in [6.45, 7) is 6.95. The van der Waals surface area contributed by atoms with Crippen molar-refractivity contribution in [1.29, 1.82) is 0 Å². The summed E-state index contributed by atoms with van der Waals surface area (Å²) in [7, 11) is 3.20. The minimum Gasteiger partial charge on any atom is -0.497 e. The summed E-state index contributed by atoms with van der Waals surface area (Å²) in [4.78, 5) is 25.1. The zero-order valence-electron chi connectivity index (χ0n) is 21.9. The number of carbonyl (C=O) groups excluding carboxylic acids is 2. The molecule has 0 heterocycles. The molecule has 0 aromatic heterocycles. The molecule has 8 heteroatoms. The van der Waals surface area contributed by atoms with Gasteiger partial charge in [-0.15, -0.1) is 0 Å². The second-order valence-electron chi connectivity index (χ2n) is 10.5. The van der Waals surface area contributed by atoms with Crippen LogP contribution in [0.1, 0.15) is 40.0 Å². The van der Waals surface area contributed by atoms with Crippen LogP contribution in [0.5, 0.6) is 23.0 Å². The molecule has 3 rings (SSSR count). The summed E-state index contributed by atoms with van der Waals surface area (Å²) < 4.78 is 21.5. The van der Waals surface area contributed by atoms with Gasteiger partial charge in [-0.3, -0.25) is 9.59 Å². The van der Waals surface area contributed by atoms with E-state index in [9.17, 15) is 9.59 Å². The van der Waals surface area contributed by atoms with Crippen molar-refractivity contribution >= 4 is 11.8 Å². The van der Waals surface area contributed by atoms with Crippen molar-refractivity contribution in [2.24, 2.45) is 10.8 Å². The summed E-state index contributed by atoms with van der Waals surface area (Å²) in [6.07, 6.45) is 2.57. The molecule has 0 spiro atoms. The topological polar surface area (TPSA) is 95.1 Å². The number of nitrogens with one attached hydrogen (secondary N) is 2. The first-order chi connectivity index (χ1) is 17.1. The van der Waals surface area contributed by atoms with Crippen LogP contribution in [0.25, 0.3) is 0 Å². The van der Waals surface area contributed by atoms with Gasteiger partial charge in [-0.1, -0.05) is 20.8 Å². The quantitative estimate of drug-likeness (QED) is 0.487. The molecule has 2 N–H and O–H groups in total. The minimum absolute atomic E-state index is 0.00170. The highest BCUT2D eigenvalue weighted by molar-refractivity contribution is 5.78. The summed E-state index contributed by atoms with van der Waals surface area (Å²) in [5.41, 5.74) is -0.140.